The molecule has 0 spiro atoms. The fourth-order valence-corrected chi connectivity index (χ4v) is 2.42. The Morgan fingerprint density at radius 1 is 1.37 bits per heavy atom. The summed E-state index contributed by atoms with van der Waals surface area (Å²) in [6.07, 6.45) is 1.54. The second-order valence-corrected chi connectivity index (χ2v) is 5.12. The first-order valence-electron chi connectivity index (χ1n) is 6.24. The van der Waals surface area contributed by atoms with Gasteiger partial charge in [0.2, 0.25) is 0 Å². The number of ether oxygens (including phenoxy) is 1. The van der Waals surface area contributed by atoms with Crippen molar-refractivity contribution >= 4 is 29.1 Å². The second kappa shape index (κ2) is 7.01. The van der Waals surface area contributed by atoms with Gasteiger partial charge in [-0.05, 0) is 31.0 Å². The van der Waals surface area contributed by atoms with E-state index in [1.54, 1.807) is 18.2 Å². The average Bonchev–Trinajstić information content (AvgIpc) is 2.44. The largest absolute Gasteiger partial charge is 0.496 e. The number of carbonyl (C=O) groups excluding carboxylic acids is 1. The van der Waals surface area contributed by atoms with Crippen molar-refractivity contribution in [2.75, 3.05) is 13.0 Å². The van der Waals surface area contributed by atoms with E-state index in [0.29, 0.717) is 22.2 Å². The highest BCUT2D eigenvalue weighted by Gasteiger charge is 2.28. The van der Waals surface area contributed by atoms with E-state index in [1.165, 1.54) is 7.11 Å². The Bertz CT molecular complexity index is 437. The van der Waals surface area contributed by atoms with Crippen LogP contribution in [0.15, 0.2) is 18.2 Å². The molecule has 1 aromatic rings. The molecule has 5 heteroatoms. The number of methoxy groups -OCH3 is 1. The van der Waals surface area contributed by atoms with Crippen LogP contribution in [0.5, 0.6) is 5.75 Å². The molecule has 1 amide bonds. The summed E-state index contributed by atoms with van der Waals surface area (Å²) in [6.45, 7) is 4.01. The molecule has 0 saturated carbocycles. The van der Waals surface area contributed by atoms with Crippen molar-refractivity contribution in [2.45, 2.75) is 32.2 Å². The van der Waals surface area contributed by atoms with Crippen LogP contribution in [0.25, 0.3) is 0 Å². The lowest BCUT2D eigenvalue weighted by Gasteiger charge is -2.30. The van der Waals surface area contributed by atoms with Crippen LogP contribution in [-0.4, -0.2) is 24.4 Å². The number of hydrogen-bond acceptors (Lipinski definition) is 2. The average molecular weight is 304 g/mol. The molecule has 0 saturated heterocycles. The van der Waals surface area contributed by atoms with Crippen LogP contribution in [0.1, 0.15) is 37.0 Å². The van der Waals surface area contributed by atoms with E-state index in [-0.39, 0.29) is 11.4 Å². The van der Waals surface area contributed by atoms with Crippen molar-refractivity contribution in [1.82, 2.24) is 5.32 Å². The van der Waals surface area contributed by atoms with Crippen LogP contribution in [-0.2, 0) is 0 Å². The number of rotatable bonds is 6. The minimum absolute atomic E-state index is 0.196. The van der Waals surface area contributed by atoms with Gasteiger partial charge in [0.15, 0.2) is 0 Å². The molecule has 0 radical (unpaired) electrons. The van der Waals surface area contributed by atoms with Crippen LogP contribution in [0.2, 0.25) is 5.02 Å². The van der Waals surface area contributed by atoms with E-state index in [9.17, 15) is 4.79 Å². The topological polar surface area (TPSA) is 38.3 Å². The number of benzene rings is 1. The number of amides is 1. The quantitative estimate of drug-likeness (QED) is 0.810. The third-order valence-corrected chi connectivity index (χ3v) is 4.14. The van der Waals surface area contributed by atoms with Crippen LogP contribution >= 0.6 is 23.2 Å². The predicted octanol–water partition coefficient (Wildman–Crippen LogP) is 3.88. The highest BCUT2D eigenvalue weighted by molar-refractivity contribution is 6.30. The fraction of sp³-hybridized carbons (Fsp3) is 0.500. The van der Waals surface area contributed by atoms with Gasteiger partial charge in [-0.2, -0.15) is 0 Å². The molecule has 0 unspecified atom stereocenters. The van der Waals surface area contributed by atoms with Crippen molar-refractivity contribution in [2.24, 2.45) is 0 Å². The van der Waals surface area contributed by atoms with Gasteiger partial charge in [-0.1, -0.05) is 25.4 Å². The summed E-state index contributed by atoms with van der Waals surface area (Å²) in [5.74, 6) is 0.639. The van der Waals surface area contributed by atoms with Crippen LogP contribution < -0.4 is 10.1 Å². The molecule has 0 aliphatic heterocycles. The molecule has 1 aromatic carbocycles. The maximum Gasteiger partial charge on any atom is 0.255 e. The van der Waals surface area contributed by atoms with Crippen molar-refractivity contribution in [3.05, 3.63) is 28.8 Å². The predicted molar refractivity (Wildman–Crippen MR) is 79.5 cm³/mol. The maximum absolute atomic E-state index is 12.3. The van der Waals surface area contributed by atoms with Crippen molar-refractivity contribution in [3.8, 4) is 5.75 Å². The van der Waals surface area contributed by atoms with Gasteiger partial charge in [0.25, 0.3) is 5.91 Å². The third kappa shape index (κ3) is 3.77. The first-order valence-corrected chi connectivity index (χ1v) is 7.15. The van der Waals surface area contributed by atoms with Gasteiger partial charge in [0.05, 0.1) is 18.2 Å². The summed E-state index contributed by atoms with van der Waals surface area (Å²) in [4.78, 5) is 12.3. The smallest absolute Gasteiger partial charge is 0.255 e. The zero-order valence-corrected chi connectivity index (χ0v) is 12.9. The summed E-state index contributed by atoms with van der Waals surface area (Å²) in [5.41, 5.74) is 0.0758. The molecule has 0 aliphatic carbocycles. The van der Waals surface area contributed by atoms with Crippen LogP contribution in [0.3, 0.4) is 0 Å². The summed E-state index contributed by atoms with van der Waals surface area (Å²) >= 11 is 11.9. The Kier molecular flexibility index (Phi) is 5.95. The molecule has 1 rings (SSSR count). The Labute approximate surface area is 124 Å². The van der Waals surface area contributed by atoms with Gasteiger partial charge in [-0.25, -0.2) is 0 Å². The molecule has 0 heterocycles. The van der Waals surface area contributed by atoms with Gasteiger partial charge >= 0.3 is 0 Å². The second-order valence-electron chi connectivity index (χ2n) is 4.42. The first kappa shape index (κ1) is 16.1. The molecule has 1 N–H and O–H groups in total. The van der Waals surface area contributed by atoms with Gasteiger partial charge < -0.3 is 10.1 Å². The number of halogens is 2. The van der Waals surface area contributed by atoms with Crippen molar-refractivity contribution in [3.63, 3.8) is 0 Å². The Balaban J connectivity index is 3.01. The molecule has 19 heavy (non-hydrogen) atoms. The highest BCUT2D eigenvalue weighted by Crippen LogP contribution is 2.25. The van der Waals surface area contributed by atoms with Crippen LogP contribution in [0.4, 0.5) is 0 Å². The lowest BCUT2D eigenvalue weighted by molar-refractivity contribution is 0.0899. The van der Waals surface area contributed by atoms with Crippen molar-refractivity contribution < 1.29 is 9.53 Å². The third-order valence-electron chi connectivity index (χ3n) is 3.40. The van der Waals surface area contributed by atoms with E-state index in [1.807, 2.05) is 13.8 Å². The normalized spacial score (nSPS) is 11.2. The monoisotopic (exact) mass is 303 g/mol. The molecule has 0 atom stereocenters. The van der Waals surface area contributed by atoms with E-state index < -0.39 is 0 Å². The molecule has 0 aliphatic rings. The Hall–Kier alpha value is -0.930. The standard InChI is InChI=1S/C14H19Cl2NO2/c1-4-14(5-2,9-15)17-13(18)11-7-6-10(16)8-12(11)19-3/h6-8H,4-5,9H2,1-3H3,(H,17,18). The molecular formula is C14H19Cl2NO2. The lowest BCUT2D eigenvalue weighted by Crippen LogP contribution is -2.49. The fourth-order valence-electron chi connectivity index (χ4n) is 1.81. The highest BCUT2D eigenvalue weighted by atomic mass is 35.5. The Morgan fingerprint density at radius 2 is 2.00 bits per heavy atom. The minimum Gasteiger partial charge on any atom is -0.496 e. The summed E-state index contributed by atoms with van der Waals surface area (Å²) < 4.78 is 5.18. The molecule has 3 nitrogen and oxygen atoms in total. The lowest BCUT2D eigenvalue weighted by atomic mass is 9.94. The van der Waals surface area contributed by atoms with Crippen molar-refractivity contribution in [1.29, 1.82) is 0 Å². The van der Waals surface area contributed by atoms with E-state index >= 15 is 0 Å². The van der Waals surface area contributed by atoms with Gasteiger partial charge in [-0.15, -0.1) is 11.6 Å². The van der Waals surface area contributed by atoms with E-state index in [4.69, 9.17) is 27.9 Å². The number of alkyl halides is 1. The summed E-state index contributed by atoms with van der Waals surface area (Å²) in [6, 6.07) is 4.94. The Morgan fingerprint density at radius 3 is 2.47 bits per heavy atom. The number of carbonyl (C=O) groups is 1. The zero-order valence-electron chi connectivity index (χ0n) is 11.4. The number of nitrogens with one attached hydrogen (secondary N) is 1. The zero-order chi connectivity index (χ0) is 14.5. The summed E-state index contributed by atoms with van der Waals surface area (Å²) in [7, 11) is 1.51. The first-order chi connectivity index (χ1) is 9.01. The number of hydrogen-bond donors (Lipinski definition) is 1. The molecular weight excluding hydrogens is 285 g/mol. The minimum atomic E-state index is -0.386. The molecule has 0 bridgehead atoms. The van der Waals surface area contributed by atoms with E-state index in [2.05, 4.69) is 5.32 Å². The van der Waals surface area contributed by atoms with Gasteiger partial charge in [0, 0.05) is 10.9 Å². The maximum atomic E-state index is 12.3. The van der Waals surface area contributed by atoms with Gasteiger partial charge in [0.1, 0.15) is 5.75 Å². The summed E-state index contributed by atoms with van der Waals surface area (Å²) in [5, 5.41) is 3.53. The molecule has 0 fully saturated rings. The molecule has 106 valence electrons. The van der Waals surface area contributed by atoms with E-state index in [0.717, 1.165) is 12.8 Å². The molecule has 0 aromatic heterocycles. The SMILES string of the molecule is CCC(CC)(CCl)NC(=O)c1ccc(Cl)cc1OC. The van der Waals surface area contributed by atoms with Gasteiger partial charge in [-0.3, -0.25) is 4.79 Å². The van der Waals surface area contributed by atoms with Crippen LogP contribution in [0, 0.1) is 0 Å².